The van der Waals surface area contributed by atoms with Crippen molar-refractivity contribution in [3.8, 4) is 5.75 Å². The molecule has 0 fully saturated rings. The molecule has 86 valence electrons. The van der Waals surface area contributed by atoms with Gasteiger partial charge in [0.1, 0.15) is 11.9 Å². The molecule has 2 N–H and O–H groups in total. The van der Waals surface area contributed by atoms with Crippen LogP contribution in [0.5, 0.6) is 5.75 Å². The molecule has 0 aliphatic carbocycles. The number of amides is 1. The molecule has 0 aromatic heterocycles. The molecule has 1 amide bonds. The zero-order valence-corrected chi connectivity index (χ0v) is 9.69. The molecular weight excluding hydrogens is 202 g/mol. The lowest BCUT2D eigenvalue weighted by molar-refractivity contribution is 0.0991. The van der Waals surface area contributed by atoms with Crippen LogP contribution in [0.1, 0.15) is 36.2 Å². The van der Waals surface area contributed by atoms with E-state index in [0.29, 0.717) is 11.5 Å². The molecule has 1 atom stereocenters. The second-order valence-corrected chi connectivity index (χ2v) is 4.59. The first kappa shape index (κ1) is 11.0. The van der Waals surface area contributed by atoms with Crippen molar-refractivity contribution in [2.75, 3.05) is 0 Å². The van der Waals surface area contributed by atoms with Gasteiger partial charge in [0.15, 0.2) is 0 Å². The van der Waals surface area contributed by atoms with Gasteiger partial charge in [-0.15, -0.1) is 0 Å². The van der Waals surface area contributed by atoms with Crippen molar-refractivity contribution < 1.29 is 9.53 Å². The highest BCUT2D eigenvalue weighted by molar-refractivity contribution is 5.95. The number of nitrogens with two attached hydrogens (primary N) is 1. The Morgan fingerprint density at radius 1 is 1.50 bits per heavy atom. The molecule has 0 radical (unpaired) electrons. The van der Waals surface area contributed by atoms with E-state index in [1.54, 1.807) is 6.07 Å². The number of rotatable bonds is 2. The maximum absolute atomic E-state index is 11.3. The van der Waals surface area contributed by atoms with E-state index in [9.17, 15) is 4.79 Å². The molecule has 0 saturated carbocycles. The number of benzene rings is 1. The van der Waals surface area contributed by atoms with Crippen molar-refractivity contribution in [3.63, 3.8) is 0 Å². The van der Waals surface area contributed by atoms with Crippen LogP contribution in [0.25, 0.3) is 0 Å². The SMILES string of the molecule is CC(C)C1CCc2c(cccc2C(N)=O)O1. The number of fused-ring (bicyclic) bond motifs is 1. The highest BCUT2D eigenvalue weighted by atomic mass is 16.5. The third-order valence-electron chi connectivity index (χ3n) is 3.10. The fraction of sp³-hybridized carbons (Fsp3) is 0.462. The Balaban J connectivity index is 2.34. The lowest BCUT2D eigenvalue weighted by Gasteiger charge is -2.29. The van der Waals surface area contributed by atoms with Gasteiger partial charge in [0, 0.05) is 11.1 Å². The smallest absolute Gasteiger partial charge is 0.249 e. The third kappa shape index (κ3) is 1.90. The van der Waals surface area contributed by atoms with Crippen LogP contribution in [-0.2, 0) is 6.42 Å². The lowest BCUT2D eigenvalue weighted by atomic mass is 9.92. The molecule has 3 heteroatoms. The minimum atomic E-state index is -0.372. The van der Waals surface area contributed by atoms with Crippen LogP contribution < -0.4 is 10.5 Å². The molecule has 1 aliphatic heterocycles. The van der Waals surface area contributed by atoms with Gasteiger partial charge in [0.05, 0.1) is 0 Å². The van der Waals surface area contributed by atoms with E-state index in [1.807, 2.05) is 12.1 Å². The minimum Gasteiger partial charge on any atom is -0.490 e. The standard InChI is InChI=1S/C13H17NO2/c1-8(2)11-7-6-9-10(13(14)15)4-3-5-12(9)16-11/h3-5,8,11H,6-7H2,1-2H3,(H2,14,15). The lowest BCUT2D eigenvalue weighted by Crippen LogP contribution is -2.29. The second kappa shape index (κ2) is 4.16. The van der Waals surface area contributed by atoms with Crippen LogP contribution >= 0.6 is 0 Å². The summed E-state index contributed by atoms with van der Waals surface area (Å²) in [5.41, 5.74) is 6.90. The van der Waals surface area contributed by atoms with E-state index in [1.165, 1.54) is 0 Å². The normalized spacial score (nSPS) is 19.1. The Hall–Kier alpha value is -1.51. The van der Waals surface area contributed by atoms with E-state index < -0.39 is 0 Å². The van der Waals surface area contributed by atoms with Crippen LogP contribution in [0.15, 0.2) is 18.2 Å². The number of hydrogen-bond acceptors (Lipinski definition) is 2. The molecule has 1 aliphatic rings. The van der Waals surface area contributed by atoms with Gasteiger partial charge in [-0.2, -0.15) is 0 Å². The van der Waals surface area contributed by atoms with Crippen molar-refractivity contribution in [2.45, 2.75) is 32.8 Å². The molecule has 0 bridgehead atoms. The van der Waals surface area contributed by atoms with Gasteiger partial charge in [0.25, 0.3) is 0 Å². The zero-order chi connectivity index (χ0) is 11.7. The molecule has 16 heavy (non-hydrogen) atoms. The van der Waals surface area contributed by atoms with Gasteiger partial charge in [-0.25, -0.2) is 0 Å². The molecule has 2 rings (SSSR count). The Bertz CT molecular complexity index is 412. The summed E-state index contributed by atoms with van der Waals surface area (Å²) < 4.78 is 5.88. The maximum atomic E-state index is 11.3. The molecular formula is C13H17NO2. The largest absolute Gasteiger partial charge is 0.490 e. The molecule has 1 unspecified atom stereocenters. The number of carbonyl (C=O) groups is 1. The first-order valence-electron chi connectivity index (χ1n) is 5.68. The van der Waals surface area contributed by atoms with E-state index in [4.69, 9.17) is 10.5 Å². The predicted molar refractivity (Wildman–Crippen MR) is 62.5 cm³/mol. The molecule has 1 heterocycles. The average Bonchev–Trinajstić information content (AvgIpc) is 2.27. The quantitative estimate of drug-likeness (QED) is 0.828. The molecule has 0 saturated heterocycles. The average molecular weight is 219 g/mol. The molecule has 3 nitrogen and oxygen atoms in total. The predicted octanol–water partition coefficient (Wildman–Crippen LogP) is 2.14. The van der Waals surface area contributed by atoms with Crippen LogP contribution in [0, 0.1) is 5.92 Å². The minimum absolute atomic E-state index is 0.246. The van der Waals surface area contributed by atoms with E-state index in [-0.39, 0.29) is 12.0 Å². The van der Waals surface area contributed by atoms with Crippen molar-refractivity contribution in [2.24, 2.45) is 11.7 Å². The van der Waals surface area contributed by atoms with Gasteiger partial charge in [0.2, 0.25) is 5.91 Å². The second-order valence-electron chi connectivity index (χ2n) is 4.59. The van der Waals surface area contributed by atoms with Gasteiger partial charge < -0.3 is 10.5 Å². The zero-order valence-electron chi connectivity index (χ0n) is 9.69. The molecule has 0 spiro atoms. The maximum Gasteiger partial charge on any atom is 0.249 e. The number of hydrogen-bond donors (Lipinski definition) is 1. The van der Waals surface area contributed by atoms with Crippen molar-refractivity contribution in [3.05, 3.63) is 29.3 Å². The topological polar surface area (TPSA) is 52.3 Å². The van der Waals surface area contributed by atoms with Crippen molar-refractivity contribution >= 4 is 5.91 Å². The Morgan fingerprint density at radius 3 is 2.88 bits per heavy atom. The number of ether oxygens (including phenoxy) is 1. The first-order valence-corrected chi connectivity index (χ1v) is 5.68. The van der Waals surface area contributed by atoms with E-state index in [2.05, 4.69) is 13.8 Å². The number of primary amides is 1. The summed E-state index contributed by atoms with van der Waals surface area (Å²) in [6.45, 7) is 4.29. The Kier molecular flexibility index (Phi) is 2.86. The van der Waals surface area contributed by atoms with Crippen LogP contribution in [0.4, 0.5) is 0 Å². The fourth-order valence-corrected chi connectivity index (χ4v) is 2.14. The highest BCUT2D eigenvalue weighted by Gasteiger charge is 2.25. The summed E-state index contributed by atoms with van der Waals surface area (Å²) in [6, 6.07) is 5.50. The Morgan fingerprint density at radius 2 is 2.25 bits per heavy atom. The fourth-order valence-electron chi connectivity index (χ4n) is 2.14. The van der Waals surface area contributed by atoms with E-state index >= 15 is 0 Å². The highest BCUT2D eigenvalue weighted by Crippen LogP contribution is 2.32. The molecule has 1 aromatic rings. The van der Waals surface area contributed by atoms with Crippen molar-refractivity contribution in [1.82, 2.24) is 0 Å². The van der Waals surface area contributed by atoms with Crippen LogP contribution in [0.3, 0.4) is 0 Å². The summed E-state index contributed by atoms with van der Waals surface area (Å²) in [5, 5.41) is 0. The third-order valence-corrected chi connectivity index (χ3v) is 3.10. The summed E-state index contributed by atoms with van der Waals surface area (Å²) >= 11 is 0. The van der Waals surface area contributed by atoms with Gasteiger partial charge in [-0.1, -0.05) is 19.9 Å². The summed E-state index contributed by atoms with van der Waals surface area (Å²) in [7, 11) is 0. The Labute approximate surface area is 95.6 Å². The first-order chi connectivity index (χ1) is 7.59. The van der Waals surface area contributed by atoms with Crippen molar-refractivity contribution in [1.29, 1.82) is 0 Å². The monoisotopic (exact) mass is 219 g/mol. The summed E-state index contributed by atoms with van der Waals surface area (Å²) in [6.07, 6.45) is 2.07. The van der Waals surface area contributed by atoms with Gasteiger partial charge in [-0.05, 0) is 30.9 Å². The van der Waals surface area contributed by atoms with Crippen LogP contribution in [0.2, 0.25) is 0 Å². The number of carbonyl (C=O) groups excluding carboxylic acids is 1. The van der Waals surface area contributed by atoms with Gasteiger partial charge >= 0.3 is 0 Å². The van der Waals surface area contributed by atoms with Crippen LogP contribution in [-0.4, -0.2) is 12.0 Å². The van der Waals surface area contributed by atoms with Gasteiger partial charge in [-0.3, -0.25) is 4.79 Å². The molecule has 1 aromatic carbocycles. The summed E-state index contributed by atoms with van der Waals surface area (Å²) in [4.78, 5) is 11.3. The van der Waals surface area contributed by atoms with E-state index in [0.717, 1.165) is 24.2 Å². The summed E-state index contributed by atoms with van der Waals surface area (Å²) in [5.74, 6) is 0.940.